The number of sulfonamides is 1. The highest BCUT2D eigenvalue weighted by Crippen LogP contribution is 2.40. The van der Waals surface area contributed by atoms with Crippen LogP contribution in [0.15, 0.2) is 44.9 Å². The fourth-order valence-electron chi connectivity index (χ4n) is 4.09. The van der Waals surface area contributed by atoms with Crippen LogP contribution in [0.2, 0.25) is 0 Å². The van der Waals surface area contributed by atoms with Gasteiger partial charge in [-0.25, -0.2) is 8.42 Å². The van der Waals surface area contributed by atoms with Gasteiger partial charge in [-0.3, -0.25) is 14.1 Å². The summed E-state index contributed by atoms with van der Waals surface area (Å²) in [4.78, 5) is 19.0. The van der Waals surface area contributed by atoms with Gasteiger partial charge in [0.05, 0.1) is 29.0 Å². The van der Waals surface area contributed by atoms with E-state index in [1.165, 1.54) is 15.6 Å². The number of thiophene rings is 1. The Morgan fingerprint density at radius 1 is 1.22 bits per heavy atom. The third-order valence-corrected chi connectivity index (χ3v) is 10.3. The van der Waals surface area contributed by atoms with Crippen LogP contribution in [0.4, 0.5) is 11.4 Å². The summed E-state index contributed by atoms with van der Waals surface area (Å²) in [5.41, 5.74) is 2.55. The van der Waals surface area contributed by atoms with Gasteiger partial charge in [0.25, 0.3) is 10.0 Å². The van der Waals surface area contributed by atoms with Gasteiger partial charge in [0, 0.05) is 38.2 Å². The molecule has 10 heteroatoms. The van der Waals surface area contributed by atoms with Gasteiger partial charge in [-0.2, -0.15) is 0 Å². The van der Waals surface area contributed by atoms with Crippen LogP contribution in [0.25, 0.3) is 0 Å². The molecule has 0 saturated carbocycles. The highest BCUT2D eigenvalue weighted by Gasteiger charge is 2.34. The first-order valence-corrected chi connectivity index (χ1v) is 13.9. The summed E-state index contributed by atoms with van der Waals surface area (Å²) in [6, 6.07) is 9.12. The van der Waals surface area contributed by atoms with E-state index in [0.717, 1.165) is 35.8 Å². The fraction of sp³-hybridized carbons (Fsp3) is 0.455. The molecule has 0 saturated heterocycles. The molecule has 2 aromatic rings. The number of carbonyl (C=O) groups is 1. The van der Waals surface area contributed by atoms with Crippen molar-refractivity contribution in [1.82, 2.24) is 4.90 Å². The first kappa shape index (κ1) is 23.1. The second-order valence-corrected chi connectivity index (χ2v) is 12.3. The monoisotopic (exact) mass is 492 g/mol. The SMILES string of the molecule is CCN(CC)C(=O)CC1CN=C(C2Cc3cccc(N(C)S(=O)(=O)c4cccs4)c3N2)S1. The van der Waals surface area contributed by atoms with E-state index >= 15 is 0 Å². The second kappa shape index (κ2) is 9.44. The number of carbonyl (C=O) groups excluding carboxylic acids is 1. The maximum atomic E-state index is 13.0. The number of rotatable bonds is 8. The number of anilines is 2. The van der Waals surface area contributed by atoms with Crippen LogP contribution < -0.4 is 9.62 Å². The number of hydrogen-bond acceptors (Lipinski definition) is 7. The smallest absolute Gasteiger partial charge is 0.273 e. The van der Waals surface area contributed by atoms with Crippen molar-refractivity contribution in [2.45, 2.75) is 42.2 Å². The van der Waals surface area contributed by atoms with Gasteiger partial charge >= 0.3 is 0 Å². The van der Waals surface area contributed by atoms with Crippen molar-refractivity contribution >= 4 is 55.4 Å². The van der Waals surface area contributed by atoms with Crippen molar-refractivity contribution in [3.05, 3.63) is 41.3 Å². The van der Waals surface area contributed by atoms with Crippen LogP contribution in [-0.4, -0.2) is 62.2 Å². The summed E-state index contributed by atoms with van der Waals surface area (Å²) in [6.45, 7) is 6.09. The number of nitrogens with one attached hydrogen (secondary N) is 1. The van der Waals surface area contributed by atoms with Gasteiger partial charge in [-0.15, -0.1) is 23.1 Å². The minimum atomic E-state index is -3.61. The molecular formula is C22H28N4O3S3. The van der Waals surface area contributed by atoms with Crippen molar-refractivity contribution in [1.29, 1.82) is 0 Å². The van der Waals surface area contributed by atoms with Crippen molar-refractivity contribution in [2.75, 3.05) is 36.3 Å². The summed E-state index contributed by atoms with van der Waals surface area (Å²) in [7, 11) is -2.01. The zero-order chi connectivity index (χ0) is 22.9. The Hall–Kier alpha value is -2.04. The Labute approximate surface area is 198 Å². The van der Waals surface area contributed by atoms with E-state index in [1.807, 2.05) is 36.9 Å². The molecule has 32 heavy (non-hydrogen) atoms. The van der Waals surface area contributed by atoms with Gasteiger partial charge in [-0.1, -0.05) is 18.2 Å². The molecular weight excluding hydrogens is 464 g/mol. The summed E-state index contributed by atoms with van der Waals surface area (Å²) in [6.07, 6.45) is 1.24. The predicted molar refractivity (Wildman–Crippen MR) is 134 cm³/mol. The molecule has 1 aromatic heterocycles. The third kappa shape index (κ3) is 4.40. The molecule has 1 aromatic carbocycles. The Morgan fingerprint density at radius 2 is 2.00 bits per heavy atom. The molecule has 2 unspecified atom stereocenters. The maximum absolute atomic E-state index is 13.0. The Morgan fingerprint density at radius 3 is 2.69 bits per heavy atom. The molecule has 1 amide bonds. The average molecular weight is 493 g/mol. The van der Waals surface area contributed by atoms with Crippen LogP contribution in [0.1, 0.15) is 25.8 Å². The van der Waals surface area contributed by atoms with Gasteiger partial charge in [0.15, 0.2) is 0 Å². The van der Waals surface area contributed by atoms with E-state index < -0.39 is 10.0 Å². The van der Waals surface area contributed by atoms with Crippen LogP contribution in [0.3, 0.4) is 0 Å². The van der Waals surface area contributed by atoms with Crippen LogP contribution in [0.5, 0.6) is 0 Å². The lowest BCUT2D eigenvalue weighted by molar-refractivity contribution is -0.130. The van der Waals surface area contributed by atoms with Crippen LogP contribution in [-0.2, 0) is 21.2 Å². The highest BCUT2D eigenvalue weighted by molar-refractivity contribution is 8.15. The number of benzene rings is 1. The van der Waals surface area contributed by atoms with E-state index in [-0.39, 0.29) is 17.2 Å². The minimum Gasteiger partial charge on any atom is -0.374 e. The number of hydrogen-bond donors (Lipinski definition) is 1. The minimum absolute atomic E-state index is 0.00236. The largest absolute Gasteiger partial charge is 0.374 e. The van der Waals surface area contributed by atoms with Gasteiger partial charge < -0.3 is 10.2 Å². The average Bonchev–Trinajstić information content (AvgIpc) is 3.53. The highest BCUT2D eigenvalue weighted by atomic mass is 32.2. The van der Waals surface area contributed by atoms with Crippen molar-refractivity contribution in [2.24, 2.45) is 4.99 Å². The summed E-state index contributed by atoms with van der Waals surface area (Å²) in [5.74, 6) is 0.175. The van der Waals surface area contributed by atoms with Crippen molar-refractivity contribution in [3.8, 4) is 0 Å². The Kier molecular flexibility index (Phi) is 6.83. The van der Waals surface area contributed by atoms with E-state index in [2.05, 4.69) is 5.32 Å². The molecule has 4 rings (SSSR count). The van der Waals surface area contributed by atoms with Crippen LogP contribution in [0, 0.1) is 0 Å². The number of aliphatic imine (C=N–C) groups is 1. The molecule has 1 N–H and O–H groups in total. The van der Waals surface area contributed by atoms with Gasteiger partial charge in [0.1, 0.15) is 4.21 Å². The number of thioether (sulfide) groups is 1. The molecule has 0 spiro atoms. The zero-order valence-electron chi connectivity index (χ0n) is 18.4. The number of nitrogens with zero attached hydrogens (tertiary/aromatic N) is 3. The Bertz CT molecular complexity index is 1110. The molecule has 172 valence electrons. The quantitative estimate of drug-likeness (QED) is 0.608. The van der Waals surface area contributed by atoms with E-state index in [9.17, 15) is 13.2 Å². The first-order chi connectivity index (χ1) is 15.3. The normalized spacial score (nSPS) is 19.9. The fourth-order valence-corrected chi connectivity index (χ4v) is 7.63. The molecule has 3 heterocycles. The molecule has 7 nitrogen and oxygen atoms in total. The molecule has 0 fully saturated rings. The first-order valence-electron chi connectivity index (χ1n) is 10.7. The maximum Gasteiger partial charge on any atom is 0.273 e. The lowest BCUT2D eigenvalue weighted by Gasteiger charge is -2.22. The van der Waals surface area contributed by atoms with E-state index in [0.29, 0.717) is 22.9 Å². The number of amides is 1. The zero-order valence-corrected chi connectivity index (χ0v) is 20.9. The van der Waals surface area contributed by atoms with E-state index in [1.54, 1.807) is 36.3 Å². The Balaban J connectivity index is 1.46. The number of fused-ring (bicyclic) bond motifs is 1. The summed E-state index contributed by atoms with van der Waals surface area (Å²) >= 11 is 2.89. The van der Waals surface area contributed by atoms with Crippen molar-refractivity contribution < 1.29 is 13.2 Å². The summed E-state index contributed by atoms with van der Waals surface area (Å²) in [5, 5.41) is 6.43. The predicted octanol–water partition coefficient (Wildman–Crippen LogP) is 3.68. The molecule has 0 radical (unpaired) electrons. The van der Waals surface area contributed by atoms with Crippen LogP contribution >= 0.6 is 23.1 Å². The third-order valence-electron chi connectivity index (χ3n) is 5.88. The van der Waals surface area contributed by atoms with Gasteiger partial charge in [-0.05, 0) is 36.9 Å². The summed E-state index contributed by atoms with van der Waals surface area (Å²) < 4.78 is 27.7. The van der Waals surface area contributed by atoms with Gasteiger partial charge in [0.2, 0.25) is 5.91 Å². The molecule has 0 bridgehead atoms. The molecule has 2 aliphatic rings. The van der Waals surface area contributed by atoms with E-state index in [4.69, 9.17) is 4.99 Å². The molecule has 0 aliphatic carbocycles. The lowest BCUT2D eigenvalue weighted by Crippen LogP contribution is -2.33. The van der Waals surface area contributed by atoms with Crippen molar-refractivity contribution in [3.63, 3.8) is 0 Å². The molecule has 2 aliphatic heterocycles. The lowest BCUT2D eigenvalue weighted by atomic mass is 10.1. The molecule has 2 atom stereocenters. The standard InChI is InChI=1S/C22H28N4O3S3/c1-4-26(5-2)19(27)13-16-14-23-22(31-16)17-12-15-8-6-9-18(21(15)24-17)25(3)32(28,29)20-10-7-11-30-20/h6-11,16-17,24H,4-5,12-14H2,1-3H3. The number of para-hydroxylation sites is 1. The topological polar surface area (TPSA) is 82.1 Å². The second-order valence-electron chi connectivity index (χ2n) is 7.81.